The van der Waals surface area contributed by atoms with Gasteiger partial charge in [-0.05, 0) is 50.5 Å². The highest BCUT2D eigenvalue weighted by Crippen LogP contribution is 2.16. The molecule has 0 bridgehead atoms. The summed E-state index contributed by atoms with van der Waals surface area (Å²) in [6, 6.07) is 10.1. The number of para-hydroxylation sites is 1. The van der Waals surface area contributed by atoms with Crippen molar-refractivity contribution in [1.29, 1.82) is 0 Å². The van der Waals surface area contributed by atoms with Crippen LogP contribution in [-0.4, -0.2) is 57.9 Å². The quantitative estimate of drug-likeness (QED) is 0.706. The van der Waals surface area contributed by atoms with Crippen molar-refractivity contribution >= 4 is 0 Å². The second-order valence-electron chi connectivity index (χ2n) is 5.64. The predicted octanol–water partition coefficient (Wildman–Crippen LogP) is 2.01. The van der Waals surface area contributed by atoms with E-state index in [1.54, 1.807) is 7.11 Å². The average Bonchev–Trinajstić information content (AvgIpc) is 2.54. The van der Waals surface area contributed by atoms with Crippen LogP contribution in [-0.2, 0) is 4.74 Å². The van der Waals surface area contributed by atoms with Crippen molar-refractivity contribution in [2.75, 3.05) is 53.0 Å². The summed E-state index contributed by atoms with van der Waals surface area (Å²) in [5, 5.41) is 3.47. The number of nitrogens with one attached hydrogen (secondary N) is 1. The Hall–Kier alpha value is -1.10. The SMILES string of the molecule is COCCNCC1CCN(CCOc2ccccc2)CC1. The van der Waals surface area contributed by atoms with Crippen LogP contribution in [0.5, 0.6) is 5.75 Å². The Morgan fingerprint density at radius 3 is 2.62 bits per heavy atom. The fraction of sp³-hybridized carbons (Fsp3) is 0.647. The molecule has 0 aromatic heterocycles. The molecule has 1 aromatic carbocycles. The first kappa shape index (κ1) is 16.3. The molecule has 1 aliphatic rings. The normalized spacial score (nSPS) is 17.0. The molecular formula is C17H28N2O2. The van der Waals surface area contributed by atoms with E-state index in [4.69, 9.17) is 9.47 Å². The van der Waals surface area contributed by atoms with Crippen molar-refractivity contribution in [2.45, 2.75) is 12.8 Å². The predicted molar refractivity (Wildman–Crippen MR) is 85.8 cm³/mol. The number of likely N-dealkylation sites (tertiary alicyclic amines) is 1. The summed E-state index contributed by atoms with van der Waals surface area (Å²) in [4.78, 5) is 2.51. The Balaban J connectivity index is 1.53. The van der Waals surface area contributed by atoms with E-state index in [-0.39, 0.29) is 0 Å². The maximum atomic E-state index is 5.76. The average molecular weight is 292 g/mol. The van der Waals surface area contributed by atoms with Crippen LogP contribution in [0.2, 0.25) is 0 Å². The molecule has 1 aromatic rings. The van der Waals surface area contributed by atoms with Crippen LogP contribution in [0, 0.1) is 5.92 Å². The van der Waals surface area contributed by atoms with E-state index in [2.05, 4.69) is 10.2 Å². The fourth-order valence-electron chi connectivity index (χ4n) is 2.70. The third-order valence-corrected chi connectivity index (χ3v) is 4.04. The molecule has 0 atom stereocenters. The molecule has 0 radical (unpaired) electrons. The summed E-state index contributed by atoms with van der Waals surface area (Å²) in [5.41, 5.74) is 0. The Bertz CT molecular complexity index is 364. The van der Waals surface area contributed by atoms with Crippen molar-refractivity contribution in [3.8, 4) is 5.75 Å². The first-order chi connectivity index (χ1) is 10.4. The molecule has 0 amide bonds. The monoisotopic (exact) mass is 292 g/mol. The van der Waals surface area contributed by atoms with Crippen molar-refractivity contribution in [3.05, 3.63) is 30.3 Å². The summed E-state index contributed by atoms with van der Waals surface area (Å²) < 4.78 is 10.8. The van der Waals surface area contributed by atoms with Crippen LogP contribution in [0.1, 0.15) is 12.8 Å². The zero-order valence-corrected chi connectivity index (χ0v) is 13.1. The van der Waals surface area contributed by atoms with Gasteiger partial charge in [0.05, 0.1) is 6.61 Å². The van der Waals surface area contributed by atoms with Crippen LogP contribution in [0.3, 0.4) is 0 Å². The maximum absolute atomic E-state index is 5.76. The van der Waals surface area contributed by atoms with Crippen LogP contribution in [0.15, 0.2) is 30.3 Å². The highest BCUT2D eigenvalue weighted by molar-refractivity contribution is 5.20. The van der Waals surface area contributed by atoms with Gasteiger partial charge in [-0.1, -0.05) is 18.2 Å². The topological polar surface area (TPSA) is 33.7 Å². The van der Waals surface area contributed by atoms with Gasteiger partial charge >= 0.3 is 0 Å². The molecule has 0 aliphatic carbocycles. The minimum absolute atomic E-state index is 0.779. The Kier molecular flexibility index (Phi) is 7.57. The minimum atomic E-state index is 0.779. The second-order valence-corrected chi connectivity index (χ2v) is 5.64. The molecule has 4 heteroatoms. The summed E-state index contributed by atoms with van der Waals surface area (Å²) in [6.07, 6.45) is 2.57. The van der Waals surface area contributed by atoms with Gasteiger partial charge in [-0.2, -0.15) is 0 Å². The molecular weight excluding hydrogens is 264 g/mol. The standard InChI is InChI=1S/C17H28N2O2/c1-20-13-9-18-15-16-7-10-19(11-8-16)12-14-21-17-5-3-2-4-6-17/h2-6,16,18H,7-15H2,1H3. The number of methoxy groups -OCH3 is 1. The lowest BCUT2D eigenvalue weighted by Crippen LogP contribution is -2.39. The molecule has 1 saturated heterocycles. The second kappa shape index (κ2) is 9.77. The van der Waals surface area contributed by atoms with Crippen LogP contribution < -0.4 is 10.1 Å². The van der Waals surface area contributed by atoms with Gasteiger partial charge in [0.1, 0.15) is 12.4 Å². The molecule has 4 nitrogen and oxygen atoms in total. The molecule has 1 heterocycles. The van der Waals surface area contributed by atoms with Gasteiger partial charge in [0.2, 0.25) is 0 Å². The molecule has 0 spiro atoms. The van der Waals surface area contributed by atoms with Crippen LogP contribution >= 0.6 is 0 Å². The largest absolute Gasteiger partial charge is 0.492 e. The number of hydrogen-bond acceptors (Lipinski definition) is 4. The third kappa shape index (κ3) is 6.46. The van der Waals surface area contributed by atoms with Gasteiger partial charge < -0.3 is 14.8 Å². The van der Waals surface area contributed by atoms with Gasteiger partial charge in [-0.15, -0.1) is 0 Å². The van der Waals surface area contributed by atoms with Gasteiger partial charge in [-0.25, -0.2) is 0 Å². The number of benzene rings is 1. The summed E-state index contributed by atoms with van der Waals surface area (Å²) in [6.45, 7) is 7.07. The highest BCUT2D eigenvalue weighted by Gasteiger charge is 2.18. The van der Waals surface area contributed by atoms with Crippen molar-refractivity contribution in [3.63, 3.8) is 0 Å². The smallest absolute Gasteiger partial charge is 0.119 e. The zero-order chi connectivity index (χ0) is 14.8. The highest BCUT2D eigenvalue weighted by atomic mass is 16.5. The molecule has 0 saturated carbocycles. The first-order valence-corrected chi connectivity index (χ1v) is 7.98. The van der Waals surface area contributed by atoms with Crippen LogP contribution in [0.4, 0.5) is 0 Å². The zero-order valence-electron chi connectivity index (χ0n) is 13.1. The van der Waals surface area contributed by atoms with Gasteiger partial charge in [-0.3, -0.25) is 4.90 Å². The number of ether oxygens (including phenoxy) is 2. The molecule has 0 unspecified atom stereocenters. The number of rotatable bonds is 9. The van der Waals surface area contributed by atoms with E-state index in [1.165, 1.54) is 25.9 Å². The lowest BCUT2D eigenvalue weighted by molar-refractivity contribution is 0.151. The summed E-state index contributed by atoms with van der Waals surface area (Å²) in [5.74, 6) is 1.78. The molecule has 2 rings (SSSR count). The van der Waals surface area contributed by atoms with E-state index in [0.717, 1.165) is 44.5 Å². The van der Waals surface area contributed by atoms with Gasteiger partial charge in [0, 0.05) is 20.2 Å². The lowest BCUT2D eigenvalue weighted by Gasteiger charge is -2.31. The molecule has 21 heavy (non-hydrogen) atoms. The van der Waals surface area contributed by atoms with E-state index in [0.29, 0.717) is 0 Å². The number of piperidine rings is 1. The maximum Gasteiger partial charge on any atom is 0.119 e. The summed E-state index contributed by atoms with van der Waals surface area (Å²) in [7, 11) is 1.75. The van der Waals surface area contributed by atoms with Crippen molar-refractivity contribution < 1.29 is 9.47 Å². The Morgan fingerprint density at radius 2 is 1.90 bits per heavy atom. The molecule has 1 fully saturated rings. The molecule has 1 N–H and O–H groups in total. The van der Waals surface area contributed by atoms with Gasteiger partial charge in [0.25, 0.3) is 0 Å². The summed E-state index contributed by atoms with van der Waals surface area (Å²) >= 11 is 0. The van der Waals surface area contributed by atoms with E-state index in [1.807, 2.05) is 30.3 Å². The first-order valence-electron chi connectivity index (χ1n) is 7.98. The molecule has 1 aliphatic heterocycles. The van der Waals surface area contributed by atoms with Crippen LogP contribution in [0.25, 0.3) is 0 Å². The van der Waals surface area contributed by atoms with E-state index in [9.17, 15) is 0 Å². The van der Waals surface area contributed by atoms with Gasteiger partial charge in [0.15, 0.2) is 0 Å². The Labute approximate surface area is 128 Å². The number of nitrogens with zero attached hydrogens (tertiary/aromatic N) is 1. The minimum Gasteiger partial charge on any atom is -0.492 e. The van der Waals surface area contributed by atoms with E-state index >= 15 is 0 Å². The fourth-order valence-corrected chi connectivity index (χ4v) is 2.70. The lowest BCUT2D eigenvalue weighted by atomic mass is 9.97. The Morgan fingerprint density at radius 1 is 1.14 bits per heavy atom. The molecule has 118 valence electrons. The number of hydrogen-bond donors (Lipinski definition) is 1. The van der Waals surface area contributed by atoms with E-state index < -0.39 is 0 Å². The van der Waals surface area contributed by atoms with Crippen molar-refractivity contribution in [2.24, 2.45) is 5.92 Å². The third-order valence-electron chi connectivity index (χ3n) is 4.04. The van der Waals surface area contributed by atoms with Crippen molar-refractivity contribution in [1.82, 2.24) is 10.2 Å².